The Bertz CT molecular complexity index is 763. The van der Waals surface area contributed by atoms with E-state index in [0.29, 0.717) is 10.8 Å². The van der Waals surface area contributed by atoms with Crippen LogP contribution in [0.5, 0.6) is 0 Å². The Morgan fingerprint density at radius 2 is 1.95 bits per heavy atom. The largest absolute Gasteiger partial charge is 0.454 e. The molecular weight excluding hydrogens is 300 g/mol. The fraction of sp³-hybridized carbons (Fsp3) is 0.176. The Morgan fingerprint density at radius 3 is 2.68 bits per heavy atom. The lowest BCUT2D eigenvalue weighted by molar-refractivity contribution is -0.148. The zero-order valence-electron chi connectivity index (χ0n) is 12.0. The average Bonchev–Trinajstić information content (AvgIpc) is 2.93. The zero-order valence-corrected chi connectivity index (χ0v) is 12.8. The van der Waals surface area contributed by atoms with Gasteiger partial charge in [-0.1, -0.05) is 35.9 Å². The number of halogens is 1. The number of esters is 1. The Labute approximate surface area is 133 Å². The third kappa shape index (κ3) is 3.28. The summed E-state index contributed by atoms with van der Waals surface area (Å²) in [6, 6.07) is 14.8. The minimum atomic E-state index is -0.424. The Hall–Kier alpha value is -2.33. The number of para-hydroxylation sites is 2. The van der Waals surface area contributed by atoms with Gasteiger partial charge >= 0.3 is 5.97 Å². The number of rotatable bonds is 4. The van der Waals surface area contributed by atoms with Gasteiger partial charge in [0, 0.05) is 5.02 Å². The topological polar surface area (TPSA) is 55.0 Å². The molecule has 2 aromatic carbocycles. The van der Waals surface area contributed by atoms with Gasteiger partial charge in [0.2, 0.25) is 0 Å². The van der Waals surface area contributed by atoms with Gasteiger partial charge in [0.25, 0.3) is 0 Å². The first kappa shape index (κ1) is 14.6. The van der Waals surface area contributed by atoms with Crippen molar-refractivity contribution in [2.45, 2.75) is 19.4 Å². The van der Waals surface area contributed by atoms with Crippen molar-refractivity contribution in [3.05, 3.63) is 64.9 Å². The second-order valence-corrected chi connectivity index (χ2v) is 5.51. The maximum absolute atomic E-state index is 12.0. The normalized spacial score (nSPS) is 12.3. The number of hydrogen-bond acceptors (Lipinski definition) is 3. The van der Waals surface area contributed by atoms with Gasteiger partial charge < -0.3 is 9.72 Å². The molecule has 1 atom stereocenters. The van der Waals surface area contributed by atoms with E-state index in [2.05, 4.69) is 9.97 Å². The molecule has 3 rings (SSSR count). The van der Waals surface area contributed by atoms with Crippen LogP contribution in [0.15, 0.2) is 48.5 Å². The highest BCUT2D eigenvalue weighted by Crippen LogP contribution is 2.19. The number of hydrogen-bond donors (Lipinski definition) is 1. The molecule has 22 heavy (non-hydrogen) atoms. The van der Waals surface area contributed by atoms with E-state index in [0.717, 1.165) is 16.6 Å². The molecule has 0 saturated carbocycles. The summed E-state index contributed by atoms with van der Waals surface area (Å²) in [7, 11) is 0. The number of imidazole rings is 1. The minimum absolute atomic E-state index is 0.210. The molecule has 1 N–H and O–H groups in total. The third-order valence-corrected chi connectivity index (χ3v) is 3.61. The number of carbonyl (C=O) groups is 1. The summed E-state index contributed by atoms with van der Waals surface area (Å²) in [6.45, 7) is 1.80. The van der Waals surface area contributed by atoms with E-state index in [1.54, 1.807) is 19.1 Å². The van der Waals surface area contributed by atoms with Crippen molar-refractivity contribution in [3.63, 3.8) is 0 Å². The predicted octanol–water partition coefficient (Wildman–Crippen LogP) is 4.06. The van der Waals surface area contributed by atoms with Crippen LogP contribution in [0.4, 0.5) is 0 Å². The number of fused-ring (bicyclic) bond motifs is 1. The van der Waals surface area contributed by atoms with Crippen LogP contribution in [0.3, 0.4) is 0 Å². The van der Waals surface area contributed by atoms with Crippen molar-refractivity contribution in [3.8, 4) is 0 Å². The van der Waals surface area contributed by atoms with Gasteiger partial charge in [-0.2, -0.15) is 0 Å². The first-order valence-corrected chi connectivity index (χ1v) is 7.38. The number of benzene rings is 2. The van der Waals surface area contributed by atoms with Gasteiger partial charge in [-0.15, -0.1) is 0 Å². The van der Waals surface area contributed by atoms with Gasteiger partial charge in [0.15, 0.2) is 6.10 Å². The number of aromatic amines is 1. The van der Waals surface area contributed by atoms with E-state index in [1.165, 1.54) is 0 Å². The molecule has 5 heteroatoms. The van der Waals surface area contributed by atoms with Crippen molar-refractivity contribution >= 4 is 28.6 Å². The van der Waals surface area contributed by atoms with E-state index in [-0.39, 0.29) is 12.4 Å². The van der Waals surface area contributed by atoms with Crippen LogP contribution in [0.1, 0.15) is 24.4 Å². The summed E-state index contributed by atoms with van der Waals surface area (Å²) in [6.07, 6.45) is -0.214. The summed E-state index contributed by atoms with van der Waals surface area (Å²) in [5, 5.41) is 0.646. The van der Waals surface area contributed by atoms with Gasteiger partial charge in [-0.3, -0.25) is 4.79 Å². The summed E-state index contributed by atoms with van der Waals surface area (Å²) < 4.78 is 5.43. The Balaban J connectivity index is 1.66. The maximum Gasteiger partial charge on any atom is 0.310 e. The van der Waals surface area contributed by atoms with Crippen LogP contribution >= 0.6 is 11.6 Å². The zero-order chi connectivity index (χ0) is 15.5. The summed E-state index contributed by atoms with van der Waals surface area (Å²) >= 11 is 5.82. The highest BCUT2D eigenvalue weighted by atomic mass is 35.5. The standard InChI is InChI=1S/C17H15ClN2O2/c1-11(17-19-14-4-2-3-5-15(14)20-17)22-16(21)10-12-6-8-13(18)9-7-12/h2-9,11H,10H2,1H3,(H,19,20). The van der Waals surface area contributed by atoms with E-state index < -0.39 is 6.10 Å². The van der Waals surface area contributed by atoms with Crippen LogP contribution in [0.25, 0.3) is 11.0 Å². The molecule has 1 heterocycles. The summed E-state index contributed by atoms with van der Waals surface area (Å²) in [4.78, 5) is 19.6. The highest BCUT2D eigenvalue weighted by Gasteiger charge is 2.15. The van der Waals surface area contributed by atoms with E-state index >= 15 is 0 Å². The lowest BCUT2D eigenvalue weighted by Crippen LogP contribution is -2.12. The van der Waals surface area contributed by atoms with E-state index in [9.17, 15) is 4.79 Å². The van der Waals surface area contributed by atoms with Crippen molar-refractivity contribution in [2.75, 3.05) is 0 Å². The molecule has 1 unspecified atom stereocenters. The average molecular weight is 315 g/mol. The molecule has 1 aromatic heterocycles. The van der Waals surface area contributed by atoms with Crippen LogP contribution < -0.4 is 0 Å². The maximum atomic E-state index is 12.0. The molecule has 0 amide bonds. The predicted molar refractivity (Wildman–Crippen MR) is 85.8 cm³/mol. The molecule has 0 spiro atoms. The number of carbonyl (C=O) groups excluding carboxylic acids is 1. The van der Waals surface area contributed by atoms with Gasteiger partial charge in [-0.05, 0) is 36.8 Å². The van der Waals surface area contributed by atoms with Crippen LogP contribution in [-0.2, 0) is 16.0 Å². The van der Waals surface area contributed by atoms with Gasteiger partial charge in [0.05, 0.1) is 17.5 Å². The van der Waals surface area contributed by atoms with Crippen molar-refractivity contribution in [1.29, 1.82) is 0 Å². The van der Waals surface area contributed by atoms with Crippen molar-refractivity contribution in [1.82, 2.24) is 9.97 Å². The molecule has 0 aliphatic carbocycles. The monoisotopic (exact) mass is 314 g/mol. The molecule has 4 nitrogen and oxygen atoms in total. The number of nitrogens with zero attached hydrogens (tertiary/aromatic N) is 1. The van der Waals surface area contributed by atoms with E-state index in [4.69, 9.17) is 16.3 Å². The lowest BCUT2D eigenvalue weighted by atomic mass is 10.1. The third-order valence-electron chi connectivity index (χ3n) is 3.36. The first-order valence-electron chi connectivity index (χ1n) is 7.00. The molecule has 0 radical (unpaired) electrons. The molecule has 0 fully saturated rings. The molecular formula is C17H15ClN2O2. The van der Waals surface area contributed by atoms with Crippen molar-refractivity contribution < 1.29 is 9.53 Å². The molecule has 0 saturated heterocycles. The smallest absolute Gasteiger partial charge is 0.310 e. The van der Waals surface area contributed by atoms with Crippen LogP contribution in [-0.4, -0.2) is 15.9 Å². The molecule has 0 aliphatic heterocycles. The second-order valence-electron chi connectivity index (χ2n) is 5.07. The van der Waals surface area contributed by atoms with Crippen LogP contribution in [0.2, 0.25) is 5.02 Å². The molecule has 3 aromatic rings. The Kier molecular flexibility index (Phi) is 4.11. The number of aromatic nitrogens is 2. The number of H-pyrrole nitrogens is 1. The molecule has 0 aliphatic rings. The fourth-order valence-corrected chi connectivity index (χ4v) is 2.35. The molecule has 0 bridgehead atoms. The van der Waals surface area contributed by atoms with Crippen molar-refractivity contribution in [2.24, 2.45) is 0 Å². The van der Waals surface area contributed by atoms with Crippen LogP contribution in [0, 0.1) is 0 Å². The summed E-state index contributed by atoms with van der Waals surface area (Å²) in [5.41, 5.74) is 2.66. The quantitative estimate of drug-likeness (QED) is 0.739. The Morgan fingerprint density at radius 1 is 1.23 bits per heavy atom. The van der Waals surface area contributed by atoms with E-state index in [1.807, 2.05) is 36.4 Å². The first-order chi connectivity index (χ1) is 10.6. The SMILES string of the molecule is CC(OC(=O)Cc1ccc(Cl)cc1)c1nc2ccccc2[nH]1. The van der Waals surface area contributed by atoms with Gasteiger partial charge in [0.1, 0.15) is 5.82 Å². The fourth-order valence-electron chi connectivity index (χ4n) is 2.23. The lowest BCUT2D eigenvalue weighted by Gasteiger charge is -2.10. The second kappa shape index (κ2) is 6.20. The highest BCUT2D eigenvalue weighted by molar-refractivity contribution is 6.30. The molecule has 112 valence electrons. The minimum Gasteiger partial charge on any atom is -0.454 e. The number of nitrogens with one attached hydrogen (secondary N) is 1. The summed E-state index contributed by atoms with van der Waals surface area (Å²) in [5.74, 6) is 0.348. The van der Waals surface area contributed by atoms with Gasteiger partial charge in [-0.25, -0.2) is 4.98 Å². The number of ether oxygens (including phenoxy) is 1.